The summed E-state index contributed by atoms with van der Waals surface area (Å²) in [5, 5.41) is 0. The molecule has 0 aliphatic carbocycles. The minimum atomic E-state index is -0.116. The molecule has 1 heterocycles. The first-order valence-electron chi connectivity index (χ1n) is 3.03. The van der Waals surface area contributed by atoms with Gasteiger partial charge in [0, 0.05) is 17.6 Å². The van der Waals surface area contributed by atoms with E-state index in [9.17, 15) is 4.79 Å². The van der Waals surface area contributed by atoms with Crippen molar-refractivity contribution in [3.8, 4) is 0 Å². The van der Waals surface area contributed by atoms with Crippen LogP contribution in [-0.4, -0.2) is 10.8 Å². The Bertz CT molecular complexity index is 298. The quantitative estimate of drug-likeness (QED) is 0.724. The van der Waals surface area contributed by atoms with E-state index in [-0.39, 0.29) is 5.78 Å². The van der Waals surface area contributed by atoms with E-state index in [4.69, 9.17) is 5.73 Å². The SMILES string of the molecule is CC(=O)c1ncc(Br)cc1N. The zero-order valence-corrected chi connectivity index (χ0v) is 7.55. The lowest BCUT2D eigenvalue weighted by atomic mass is 10.2. The van der Waals surface area contributed by atoms with Crippen LogP contribution in [-0.2, 0) is 0 Å². The maximum atomic E-state index is 10.8. The largest absolute Gasteiger partial charge is 0.397 e. The van der Waals surface area contributed by atoms with Crippen molar-refractivity contribution in [3.63, 3.8) is 0 Å². The van der Waals surface area contributed by atoms with Gasteiger partial charge in [0.2, 0.25) is 0 Å². The van der Waals surface area contributed by atoms with Gasteiger partial charge >= 0.3 is 0 Å². The molecule has 1 aromatic heterocycles. The molecule has 0 atom stereocenters. The second-order valence-corrected chi connectivity index (χ2v) is 3.06. The number of nitrogens with two attached hydrogens (primary N) is 1. The van der Waals surface area contributed by atoms with E-state index >= 15 is 0 Å². The van der Waals surface area contributed by atoms with E-state index in [1.807, 2.05) is 0 Å². The fraction of sp³-hybridized carbons (Fsp3) is 0.143. The summed E-state index contributed by atoms with van der Waals surface area (Å²) in [6.07, 6.45) is 1.55. The van der Waals surface area contributed by atoms with Gasteiger partial charge in [0.25, 0.3) is 0 Å². The highest BCUT2D eigenvalue weighted by Gasteiger charge is 2.05. The molecule has 11 heavy (non-hydrogen) atoms. The number of ketones is 1. The number of hydrogen-bond acceptors (Lipinski definition) is 3. The van der Waals surface area contributed by atoms with Gasteiger partial charge in [0.1, 0.15) is 5.69 Å². The van der Waals surface area contributed by atoms with Gasteiger partial charge in [0.05, 0.1) is 5.69 Å². The van der Waals surface area contributed by atoms with Crippen LogP contribution in [0.5, 0.6) is 0 Å². The Morgan fingerprint density at radius 1 is 1.73 bits per heavy atom. The third-order valence-corrected chi connectivity index (χ3v) is 1.65. The van der Waals surface area contributed by atoms with E-state index in [0.717, 1.165) is 4.47 Å². The molecule has 0 saturated carbocycles. The molecule has 0 aliphatic heterocycles. The molecule has 1 rings (SSSR count). The molecule has 3 nitrogen and oxygen atoms in total. The highest BCUT2D eigenvalue weighted by Crippen LogP contribution is 2.15. The lowest BCUT2D eigenvalue weighted by Crippen LogP contribution is -2.02. The Kier molecular flexibility index (Phi) is 2.24. The average molecular weight is 215 g/mol. The molecule has 0 aliphatic rings. The van der Waals surface area contributed by atoms with Crippen LogP contribution in [0.2, 0.25) is 0 Å². The van der Waals surface area contributed by atoms with Crippen LogP contribution >= 0.6 is 15.9 Å². The van der Waals surface area contributed by atoms with Crippen LogP contribution in [0.4, 0.5) is 5.69 Å². The molecule has 0 aromatic carbocycles. The Labute approximate surface area is 72.7 Å². The third kappa shape index (κ3) is 1.77. The normalized spacial score (nSPS) is 9.64. The third-order valence-electron chi connectivity index (χ3n) is 1.22. The lowest BCUT2D eigenvalue weighted by Gasteiger charge is -1.99. The highest BCUT2D eigenvalue weighted by atomic mass is 79.9. The number of rotatable bonds is 1. The van der Waals surface area contributed by atoms with E-state index in [2.05, 4.69) is 20.9 Å². The Balaban J connectivity index is 3.20. The summed E-state index contributed by atoms with van der Waals surface area (Å²) in [6, 6.07) is 1.66. The Morgan fingerprint density at radius 3 is 2.82 bits per heavy atom. The number of nitrogens with zero attached hydrogens (tertiary/aromatic N) is 1. The van der Waals surface area contributed by atoms with Crippen molar-refractivity contribution in [2.45, 2.75) is 6.92 Å². The topological polar surface area (TPSA) is 56.0 Å². The first-order valence-corrected chi connectivity index (χ1v) is 3.82. The van der Waals surface area contributed by atoms with Gasteiger partial charge in [0.15, 0.2) is 5.78 Å². The van der Waals surface area contributed by atoms with E-state index in [1.165, 1.54) is 6.92 Å². The zero-order chi connectivity index (χ0) is 8.43. The van der Waals surface area contributed by atoms with E-state index < -0.39 is 0 Å². The Hall–Kier alpha value is -0.900. The van der Waals surface area contributed by atoms with E-state index in [0.29, 0.717) is 11.4 Å². The van der Waals surface area contributed by atoms with Crippen molar-refractivity contribution < 1.29 is 4.79 Å². The number of anilines is 1. The maximum Gasteiger partial charge on any atom is 0.180 e. The summed E-state index contributed by atoms with van der Waals surface area (Å²) >= 11 is 3.19. The van der Waals surface area contributed by atoms with Crippen molar-refractivity contribution >= 4 is 27.4 Å². The van der Waals surface area contributed by atoms with Gasteiger partial charge in [-0.25, -0.2) is 4.98 Å². The first-order chi connectivity index (χ1) is 5.11. The second kappa shape index (κ2) is 3.00. The number of aromatic nitrogens is 1. The molecule has 0 unspecified atom stereocenters. The summed E-state index contributed by atoms with van der Waals surface area (Å²) in [7, 11) is 0. The number of halogens is 1. The van der Waals surface area contributed by atoms with Crippen molar-refractivity contribution in [2.24, 2.45) is 0 Å². The molecule has 0 fully saturated rings. The van der Waals surface area contributed by atoms with Gasteiger partial charge in [-0.05, 0) is 22.0 Å². The number of carbonyl (C=O) groups excluding carboxylic acids is 1. The van der Waals surface area contributed by atoms with Crippen molar-refractivity contribution in [2.75, 3.05) is 5.73 Å². The van der Waals surface area contributed by atoms with Crippen LogP contribution < -0.4 is 5.73 Å². The monoisotopic (exact) mass is 214 g/mol. The summed E-state index contributed by atoms with van der Waals surface area (Å²) in [6.45, 7) is 1.44. The molecule has 0 amide bonds. The molecule has 0 saturated heterocycles. The van der Waals surface area contributed by atoms with Gasteiger partial charge in [-0.15, -0.1) is 0 Å². The van der Waals surface area contributed by atoms with Crippen LogP contribution in [0.25, 0.3) is 0 Å². The number of Topliss-reactive ketones (excluding diaryl/α,β-unsaturated/α-hetero) is 1. The summed E-state index contributed by atoms with van der Waals surface area (Å²) in [5.74, 6) is -0.116. The minimum absolute atomic E-state index is 0.116. The maximum absolute atomic E-state index is 10.8. The number of nitrogen functional groups attached to an aromatic ring is 1. The van der Waals surface area contributed by atoms with Crippen molar-refractivity contribution in [1.29, 1.82) is 0 Å². The van der Waals surface area contributed by atoms with Gasteiger partial charge < -0.3 is 5.73 Å². The number of hydrogen-bond donors (Lipinski definition) is 1. The van der Waals surface area contributed by atoms with Gasteiger partial charge in [-0.1, -0.05) is 0 Å². The molecule has 58 valence electrons. The molecule has 4 heteroatoms. The van der Waals surface area contributed by atoms with Crippen LogP contribution in [0.15, 0.2) is 16.7 Å². The minimum Gasteiger partial charge on any atom is -0.397 e. The molecule has 0 bridgehead atoms. The highest BCUT2D eigenvalue weighted by molar-refractivity contribution is 9.10. The smallest absolute Gasteiger partial charge is 0.180 e. The molecule has 2 N–H and O–H groups in total. The molecule has 1 aromatic rings. The fourth-order valence-electron chi connectivity index (χ4n) is 0.749. The van der Waals surface area contributed by atoms with Crippen molar-refractivity contribution in [3.05, 3.63) is 22.4 Å². The van der Waals surface area contributed by atoms with Gasteiger partial charge in [-0.3, -0.25) is 4.79 Å². The predicted molar refractivity (Wildman–Crippen MR) is 46.4 cm³/mol. The van der Waals surface area contributed by atoms with Crippen LogP contribution in [0.1, 0.15) is 17.4 Å². The average Bonchev–Trinajstić information content (AvgIpc) is 1.85. The number of pyridine rings is 1. The first kappa shape index (κ1) is 8.20. The molecule has 0 radical (unpaired) electrons. The Morgan fingerprint density at radius 2 is 2.36 bits per heavy atom. The van der Waals surface area contributed by atoms with Crippen molar-refractivity contribution in [1.82, 2.24) is 4.98 Å². The van der Waals surface area contributed by atoms with E-state index in [1.54, 1.807) is 12.3 Å². The lowest BCUT2D eigenvalue weighted by molar-refractivity contribution is 0.101. The summed E-state index contributed by atoms with van der Waals surface area (Å²) in [5.41, 5.74) is 6.25. The molecular weight excluding hydrogens is 208 g/mol. The fourth-order valence-corrected chi connectivity index (χ4v) is 1.10. The predicted octanol–water partition coefficient (Wildman–Crippen LogP) is 1.63. The number of carbonyl (C=O) groups is 1. The molecular formula is C7H7BrN2O. The zero-order valence-electron chi connectivity index (χ0n) is 5.97. The van der Waals surface area contributed by atoms with Gasteiger partial charge in [-0.2, -0.15) is 0 Å². The standard InChI is InChI=1S/C7H7BrN2O/c1-4(11)7-6(9)2-5(8)3-10-7/h2-3H,9H2,1H3. The second-order valence-electron chi connectivity index (χ2n) is 2.15. The summed E-state index contributed by atoms with van der Waals surface area (Å²) < 4.78 is 0.778. The summed E-state index contributed by atoms with van der Waals surface area (Å²) in [4.78, 5) is 14.7. The molecule has 0 spiro atoms. The van der Waals surface area contributed by atoms with Crippen LogP contribution in [0, 0.1) is 0 Å². The van der Waals surface area contributed by atoms with Crippen LogP contribution in [0.3, 0.4) is 0 Å².